The van der Waals surface area contributed by atoms with Crippen LogP contribution in [0.1, 0.15) is 30.6 Å². The summed E-state index contributed by atoms with van der Waals surface area (Å²) in [5.41, 5.74) is 0.659. The summed E-state index contributed by atoms with van der Waals surface area (Å²) in [4.78, 5) is 13.6. The zero-order chi connectivity index (χ0) is 16.0. The number of aromatic carboxylic acids is 1. The van der Waals surface area contributed by atoms with Crippen LogP contribution in [-0.2, 0) is 0 Å². The molecule has 0 saturated carbocycles. The van der Waals surface area contributed by atoms with Gasteiger partial charge in [-0.05, 0) is 13.3 Å². The van der Waals surface area contributed by atoms with Gasteiger partial charge in [-0.3, -0.25) is 0 Å². The van der Waals surface area contributed by atoms with Gasteiger partial charge in [0.05, 0.1) is 32.6 Å². The summed E-state index contributed by atoms with van der Waals surface area (Å²) in [6.07, 6.45) is 0.893. The highest BCUT2D eigenvalue weighted by molar-refractivity contribution is 5.98. The number of ether oxygens (including phenoxy) is 3. The van der Waals surface area contributed by atoms with E-state index in [2.05, 4.69) is 0 Å². The van der Waals surface area contributed by atoms with Crippen LogP contribution < -0.4 is 19.1 Å². The smallest absolute Gasteiger partial charge is 0.338 e. The normalized spacial score (nSPS) is 10.1. The Morgan fingerprint density at radius 1 is 1.14 bits per heavy atom. The van der Waals surface area contributed by atoms with E-state index >= 15 is 0 Å². The van der Waals surface area contributed by atoms with Crippen LogP contribution in [0.5, 0.6) is 17.2 Å². The maximum absolute atomic E-state index is 11.6. The molecule has 0 unspecified atom stereocenters. The second-order valence-electron chi connectivity index (χ2n) is 4.43. The molecule has 6 heteroatoms. The molecule has 1 rings (SSSR count). The average Bonchev–Trinajstić information content (AvgIpc) is 2.50. The molecule has 0 aromatic heterocycles. The standard InChI is InChI=1S/C15H23NO5/c1-6-8-16(7-2)12-10(15(17)18)9-11(19-3)13(20-4)14(12)21-5/h9H,6-8H2,1-5H3,(H,17,18). The number of rotatable bonds is 8. The van der Waals surface area contributed by atoms with Gasteiger partial charge >= 0.3 is 5.97 Å². The minimum atomic E-state index is -1.03. The molecule has 1 aromatic rings. The van der Waals surface area contributed by atoms with E-state index in [0.717, 1.165) is 13.0 Å². The van der Waals surface area contributed by atoms with Crippen molar-refractivity contribution in [2.75, 3.05) is 39.3 Å². The lowest BCUT2D eigenvalue weighted by Crippen LogP contribution is -2.26. The van der Waals surface area contributed by atoms with Gasteiger partial charge in [-0.15, -0.1) is 0 Å². The third-order valence-corrected chi connectivity index (χ3v) is 3.23. The van der Waals surface area contributed by atoms with E-state index in [1.165, 1.54) is 27.4 Å². The van der Waals surface area contributed by atoms with Gasteiger partial charge in [0.1, 0.15) is 0 Å². The molecule has 0 fully saturated rings. The Labute approximate surface area is 125 Å². The van der Waals surface area contributed by atoms with Crippen LogP contribution in [-0.4, -0.2) is 45.5 Å². The summed E-state index contributed by atoms with van der Waals surface area (Å²) in [7, 11) is 4.46. The third-order valence-electron chi connectivity index (χ3n) is 3.23. The van der Waals surface area contributed by atoms with Gasteiger partial charge in [-0.25, -0.2) is 4.79 Å². The Bertz CT molecular complexity index is 501. The van der Waals surface area contributed by atoms with Crippen molar-refractivity contribution in [2.45, 2.75) is 20.3 Å². The summed E-state index contributed by atoms with van der Waals surface area (Å²) in [6, 6.07) is 1.47. The number of benzene rings is 1. The number of nitrogens with zero attached hydrogens (tertiary/aromatic N) is 1. The summed E-state index contributed by atoms with van der Waals surface area (Å²) >= 11 is 0. The highest BCUT2D eigenvalue weighted by Gasteiger charge is 2.27. The second kappa shape index (κ2) is 7.61. The molecule has 0 atom stereocenters. The first-order chi connectivity index (χ1) is 10.0. The number of methoxy groups -OCH3 is 3. The third kappa shape index (κ3) is 3.32. The highest BCUT2D eigenvalue weighted by atomic mass is 16.5. The molecular weight excluding hydrogens is 274 g/mol. The van der Waals surface area contributed by atoms with E-state index in [9.17, 15) is 9.90 Å². The van der Waals surface area contributed by atoms with E-state index in [1.54, 1.807) is 0 Å². The first-order valence-electron chi connectivity index (χ1n) is 6.86. The van der Waals surface area contributed by atoms with Crippen LogP contribution in [0.2, 0.25) is 0 Å². The van der Waals surface area contributed by atoms with E-state index in [0.29, 0.717) is 29.5 Å². The summed E-state index contributed by atoms with van der Waals surface area (Å²) in [6.45, 7) is 5.40. The van der Waals surface area contributed by atoms with Crippen LogP contribution in [0.3, 0.4) is 0 Å². The lowest BCUT2D eigenvalue weighted by Gasteiger charge is -2.27. The fourth-order valence-electron chi connectivity index (χ4n) is 2.32. The molecule has 0 amide bonds. The number of carboxylic acid groups (broad SMARTS) is 1. The molecule has 21 heavy (non-hydrogen) atoms. The summed E-state index contributed by atoms with van der Waals surface area (Å²) < 4.78 is 16.0. The van der Waals surface area contributed by atoms with E-state index in [1.807, 2.05) is 18.7 Å². The molecule has 0 aliphatic carbocycles. The van der Waals surface area contributed by atoms with Gasteiger partial charge in [-0.2, -0.15) is 0 Å². The molecule has 1 aromatic carbocycles. The molecule has 0 heterocycles. The minimum absolute atomic E-state index is 0.139. The van der Waals surface area contributed by atoms with Gasteiger partial charge in [0, 0.05) is 19.2 Å². The van der Waals surface area contributed by atoms with Gasteiger partial charge in [0.2, 0.25) is 5.75 Å². The molecular formula is C15H23NO5. The van der Waals surface area contributed by atoms with Crippen molar-refractivity contribution in [1.82, 2.24) is 0 Å². The average molecular weight is 297 g/mol. The van der Waals surface area contributed by atoms with Crippen molar-refractivity contribution in [3.8, 4) is 17.2 Å². The molecule has 0 saturated heterocycles. The van der Waals surface area contributed by atoms with Crippen LogP contribution in [0.15, 0.2) is 6.07 Å². The largest absolute Gasteiger partial charge is 0.493 e. The van der Waals surface area contributed by atoms with Crippen LogP contribution in [0, 0.1) is 0 Å². The summed E-state index contributed by atoms with van der Waals surface area (Å²) in [5, 5.41) is 9.50. The number of carbonyl (C=O) groups is 1. The lowest BCUT2D eigenvalue weighted by molar-refractivity contribution is 0.0696. The van der Waals surface area contributed by atoms with Crippen molar-refractivity contribution in [1.29, 1.82) is 0 Å². The van der Waals surface area contributed by atoms with Crippen molar-refractivity contribution in [3.63, 3.8) is 0 Å². The number of hydrogen-bond donors (Lipinski definition) is 1. The summed E-state index contributed by atoms with van der Waals surface area (Å²) in [5.74, 6) is 0.0842. The van der Waals surface area contributed by atoms with Crippen LogP contribution in [0.4, 0.5) is 5.69 Å². The molecule has 1 N–H and O–H groups in total. The molecule has 0 bridgehead atoms. The van der Waals surface area contributed by atoms with Crippen molar-refractivity contribution >= 4 is 11.7 Å². The lowest BCUT2D eigenvalue weighted by atomic mass is 10.1. The van der Waals surface area contributed by atoms with Crippen molar-refractivity contribution in [3.05, 3.63) is 11.6 Å². The van der Waals surface area contributed by atoms with E-state index in [4.69, 9.17) is 14.2 Å². The Kier molecular flexibility index (Phi) is 6.14. The Morgan fingerprint density at radius 3 is 2.14 bits per heavy atom. The quantitative estimate of drug-likeness (QED) is 0.795. The molecule has 0 spiro atoms. The first kappa shape index (κ1) is 16.9. The van der Waals surface area contributed by atoms with Gasteiger partial charge in [-0.1, -0.05) is 6.92 Å². The molecule has 0 aliphatic heterocycles. The Morgan fingerprint density at radius 2 is 1.76 bits per heavy atom. The number of anilines is 1. The number of hydrogen-bond acceptors (Lipinski definition) is 5. The zero-order valence-corrected chi connectivity index (χ0v) is 13.2. The zero-order valence-electron chi connectivity index (χ0n) is 13.2. The van der Waals surface area contributed by atoms with Crippen molar-refractivity contribution < 1.29 is 24.1 Å². The van der Waals surface area contributed by atoms with Crippen LogP contribution >= 0.6 is 0 Å². The molecule has 0 aliphatic rings. The van der Waals surface area contributed by atoms with E-state index in [-0.39, 0.29) is 5.56 Å². The monoisotopic (exact) mass is 297 g/mol. The Balaban J connectivity index is 3.66. The predicted octanol–water partition coefficient (Wildman–Crippen LogP) is 2.65. The minimum Gasteiger partial charge on any atom is -0.493 e. The number of carboxylic acids is 1. The fourth-order valence-corrected chi connectivity index (χ4v) is 2.32. The topological polar surface area (TPSA) is 68.2 Å². The molecule has 118 valence electrons. The SMILES string of the molecule is CCCN(CC)c1c(C(=O)O)cc(OC)c(OC)c1OC. The second-order valence-corrected chi connectivity index (χ2v) is 4.43. The first-order valence-corrected chi connectivity index (χ1v) is 6.86. The van der Waals surface area contributed by atoms with Crippen LogP contribution in [0.25, 0.3) is 0 Å². The molecule has 6 nitrogen and oxygen atoms in total. The highest BCUT2D eigenvalue weighted by Crippen LogP contribution is 2.46. The van der Waals surface area contributed by atoms with Gasteiger partial charge < -0.3 is 24.2 Å². The van der Waals surface area contributed by atoms with Gasteiger partial charge in [0.15, 0.2) is 11.5 Å². The predicted molar refractivity (Wildman–Crippen MR) is 81.2 cm³/mol. The van der Waals surface area contributed by atoms with E-state index < -0.39 is 5.97 Å². The molecule has 0 radical (unpaired) electrons. The van der Waals surface area contributed by atoms with Crippen molar-refractivity contribution in [2.24, 2.45) is 0 Å². The maximum Gasteiger partial charge on any atom is 0.338 e. The Hall–Kier alpha value is -2.11. The fraction of sp³-hybridized carbons (Fsp3) is 0.533. The maximum atomic E-state index is 11.6. The van der Waals surface area contributed by atoms with Gasteiger partial charge in [0.25, 0.3) is 0 Å².